The lowest BCUT2D eigenvalue weighted by atomic mass is 9.85. The van der Waals surface area contributed by atoms with Gasteiger partial charge in [0.2, 0.25) is 0 Å². The average Bonchev–Trinajstić information content (AvgIpc) is 3.23. The Balaban J connectivity index is 1.65. The first-order chi connectivity index (χ1) is 18.1. The number of aliphatic hydroxyl groups is 1. The molecular formula is C27H34F3N5O4. The quantitative estimate of drug-likeness (QED) is 0.394. The van der Waals surface area contributed by atoms with Crippen molar-refractivity contribution in [2.75, 3.05) is 18.4 Å². The van der Waals surface area contributed by atoms with Crippen molar-refractivity contribution in [3.8, 4) is 0 Å². The maximum Gasteiger partial charge on any atom is 0.421 e. The topological polar surface area (TPSA) is 112 Å². The van der Waals surface area contributed by atoms with Crippen molar-refractivity contribution in [3.05, 3.63) is 52.4 Å². The van der Waals surface area contributed by atoms with Crippen LogP contribution in [0.4, 0.5) is 29.5 Å². The predicted octanol–water partition coefficient (Wildman–Crippen LogP) is 5.37. The van der Waals surface area contributed by atoms with Gasteiger partial charge in [-0.05, 0) is 70.7 Å². The van der Waals surface area contributed by atoms with E-state index in [1.54, 1.807) is 17.2 Å². The van der Waals surface area contributed by atoms with E-state index in [0.29, 0.717) is 55.9 Å². The van der Waals surface area contributed by atoms with Gasteiger partial charge in [0.25, 0.3) is 5.56 Å². The minimum Gasteiger partial charge on any atom is -0.444 e. The van der Waals surface area contributed by atoms with E-state index >= 15 is 0 Å². The van der Waals surface area contributed by atoms with E-state index in [4.69, 9.17) is 9.84 Å². The molecule has 3 aromatic rings. The Kier molecular flexibility index (Phi) is 7.22. The third-order valence-electron chi connectivity index (χ3n) is 7.32. The smallest absolute Gasteiger partial charge is 0.421 e. The summed E-state index contributed by atoms with van der Waals surface area (Å²) in [5.41, 5.74) is -3.75. The number of amides is 1. The number of fused-ring (bicyclic) bond motifs is 1. The largest absolute Gasteiger partial charge is 0.444 e. The summed E-state index contributed by atoms with van der Waals surface area (Å²) in [5.74, 6) is 0.254. The highest BCUT2D eigenvalue weighted by Crippen LogP contribution is 2.40. The van der Waals surface area contributed by atoms with E-state index in [1.165, 1.54) is 24.3 Å². The van der Waals surface area contributed by atoms with Crippen LogP contribution in [0.3, 0.4) is 0 Å². The maximum absolute atomic E-state index is 13.2. The SMILES string of the molecule is CCC1(n2nc(Nc3ccc([C@](C)(O)C(F)(F)F)cc3)c3c(=O)[nH]ccc32)CCN(C(=O)OC(C)(C)C)CC1. The molecule has 9 nitrogen and oxygen atoms in total. The Hall–Kier alpha value is -3.54. The van der Waals surface area contributed by atoms with Crippen LogP contribution in [0.15, 0.2) is 41.3 Å². The molecule has 1 amide bonds. The normalized spacial score (nSPS) is 17.6. The molecule has 1 aromatic carbocycles. The molecule has 1 saturated heterocycles. The first-order valence-electron chi connectivity index (χ1n) is 12.8. The minimum absolute atomic E-state index is 0.254. The number of anilines is 2. The second-order valence-corrected chi connectivity index (χ2v) is 11.1. The number of carbonyl (C=O) groups excluding carboxylic acids is 1. The number of halogens is 3. The Morgan fingerprint density at radius 3 is 2.28 bits per heavy atom. The van der Waals surface area contributed by atoms with Gasteiger partial charge < -0.3 is 25.0 Å². The first kappa shape index (κ1) is 28.5. The van der Waals surface area contributed by atoms with E-state index in [-0.39, 0.29) is 23.0 Å². The molecule has 0 bridgehead atoms. The van der Waals surface area contributed by atoms with Crippen LogP contribution in [0.2, 0.25) is 0 Å². The van der Waals surface area contributed by atoms with Crippen LogP contribution in [-0.4, -0.2) is 55.7 Å². The van der Waals surface area contributed by atoms with Crippen molar-refractivity contribution in [3.63, 3.8) is 0 Å². The fourth-order valence-corrected chi connectivity index (χ4v) is 4.85. The number of piperidine rings is 1. The van der Waals surface area contributed by atoms with Gasteiger partial charge in [-0.3, -0.25) is 9.48 Å². The second kappa shape index (κ2) is 9.89. The molecule has 3 N–H and O–H groups in total. The van der Waals surface area contributed by atoms with Gasteiger partial charge in [-0.25, -0.2) is 4.79 Å². The number of pyridine rings is 1. The van der Waals surface area contributed by atoms with Gasteiger partial charge in [0.1, 0.15) is 11.0 Å². The molecule has 0 aliphatic carbocycles. The predicted molar refractivity (Wildman–Crippen MR) is 141 cm³/mol. The highest BCUT2D eigenvalue weighted by molar-refractivity contribution is 5.91. The van der Waals surface area contributed by atoms with E-state index in [1.807, 2.05) is 32.4 Å². The summed E-state index contributed by atoms with van der Waals surface area (Å²) in [5, 5.41) is 18.1. The van der Waals surface area contributed by atoms with Crippen LogP contribution in [0, 0.1) is 0 Å². The summed E-state index contributed by atoms with van der Waals surface area (Å²) >= 11 is 0. The van der Waals surface area contributed by atoms with Crippen LogP contribution in [0.5, 0.6) is 0 Å². The van der Waals surface area contributed by atoms with Crippen molar-refractivity contribution >= 4 is 28.5 Å². The molecule has 39 heavy (non-hydrogen) atoms. The van der Waals surface area contributed by atoms with E-state index in [0.717, 1.165) is 0 Å². The van der Waals surface area contributed by atoms with Gasteiger partial charge in [0.05, 0.1) is 11.1 Å². The van der Waals surface area contributed by atoms with Gasteiger partial charge in [0, 0.05) is 25.0 Å². The number of hydrogen-bond donors (Lipinski definition) is 3. The molecule has 1 aliphatic heterocycles. The molecule has 0 radical (unpaired) electrons. The molecule has 0 saturated carbocycles. The third kappa shape index (κ3) is 5.47. The Bertz CT molecular complexity index is 1400. The standard InChI is InChI=1S/C27H34F3N5O4/c1-6-26(12-15-34(16-13-26)23(37)39-24(2,3)4)35-19-11-14-31-22(36)20(19)21(33-35)32-18-9-7-17(8-10-18)25(5,38)27(28,29)30/h7-11,14,38H,6,12-13,15-16H2,1-5H3,(H,31,36)(H,32,33)/t25-/m0/s1. The number of nitrogens with one attached hydrogen (secondary N) is 2. The van der Waals surface area contributed by atoms with Gasteiger partial charge in [0.15, 0.2) is 11.4 Å². The highest BCUT2D eigenvalue weighted by atomic mass is 19.4. The summed E-state index contributed by atoms with van der Waals surface area (Å²) < 4.78 is 47.0. The average molecular weight is 550 g/mol. The number of nitrogens with zero attached hydrogens (tertiary/aromatic N) is 3. The number of rotatable bonds is 5. The lowest BCUT2D eigenvalue weighted by Crippen LogP contribution is -2.49. The number of aromatic nitrogens is 3. The second-order valence-electron chi connectivity index (χ2n) is 11.1. The fourth-order valence-electron chi connectivity index (χ4n) is 4.85. The van der Waals surface area contributed by atoms with E-state index in [2.05, 4.69) is 10.3 Å². The fraction of sp³-hybridized carbons (Fsp3) is 0.519. The van der Waals surface area contributed by atoms with Gasteiger partial charge >= 0.3 is 12.3 Å². The summed E-state index contributed by atoms with van der Waals surface area (Å²) in [4.78, 5) is 29.8. The summed E-state index contributed by atoms with van der Waals surface area (Å²) in [6, 6.07) is 6.91. The molecule has 0 spiro atoms. The number of likely N-dealkylation sites (tertiary alicyclic amines) is 1. The Labute approximate surface area is 224 Å². The zero-order chi connectivity index (χ0) is 28.8. The minimum atomic E-state index is -4.84. The summed E-state index contributed by atoms with van der Waals surface area (Å²) in [7, 11) is 0. The third-order valence-corrected chi connectivity index (χ3v) is 7.32. The molecule has 12 heteroatoms. The van der Waals surface area contributed by atoms with Crippen molar-refractivity contribution in [1.29, 1.82) is 0 Å². The lowest BCUT2D eigenvalue weighted by molar-refractivity contribution is -0.258. The number of carbonyl (C=O) groups is 1. The van der Waals surface area contributed by atoms with E-state index < -0.39 is 22.9 Å². The van der Waals surface area contributed by atoms with Crippen molar-refractivity contribution in [2.24, 2.45) is 0 Å². The van der Waals surface area contributed by atoms with Crippen LogP contribution in [0.25, 0.3) is 10.9 Å². The Morgan fingerprint density at radius 2 is 1.74 bits per heavy atom. The Morgan fingerprint density at radius 1 is 1.13 bits per heavy atom. The molecule has 2 aromatic heterocycles. The van der Waals surface area contributed by atoms with Crippen molar-refractivity contribution in [1.82, 2.24) is 19.7 Å². The first-order valence-corrected chi connectivity index (χ1v) is 12.8. The zero-order valence-electron chi connectivity index (χ0n) is 22.6. The number of benzene rings is 1. The molecular weight excluding hydrogens is 515 g/mol. The zero-order valence-corrected chi connectivity index (χ0v) is 22.6. The molecule has 1 atom stereocenters. The van der Waals surface area contributed by atoms with Crippen LogP contribution < -0.4 is 10.9 Å². The monoisotopic (exact) mass is 549 g/mol. The van der Waals surface area contributed by atoms with Crippen LogP contribution in [-0.2, 0) is 15.9 Å². The number of aromatic amines is 1. The molecule has 212 valence electrons. The number of ether oxygens (including phenoxy) is 1. The van der Waals surface area contributed by atoms with Crippen LogP contribution >= 0.6 is 0 Å². The number of H-pyrrole nitrogens is 1. The van der Waals surface area contributed by atoms with Gasteiger partial charge in [-0.2, -0.15) is 18.3 Å². The summed E-state index contributed by atoms with van der Waals surface area (Å²) in [6.07, 6.45) is -1.79. The van der Waals surface area contributed by atoms with E-state index in [9.17, 15) is 27.9 Å². The van der Waals surface area contributed by atoms with Crippen LogP contribution in [0.1, 0.15) is 59.4 Å². The number of hydrogen-bond acceptors (Lipinski definition) is 6. The van der Waals surface area contributed by atoms with Crippen molar-refractivity contribution < 1.29 is 27.8 Å². The number of alkyl halides is 3. The lowest BCUT2D eigenvalue weighted by Gasteiger charge is -2.42. The maximum atomic E-state index is 13.2. The van der Waals surface area contributed by atoms with Gasteiger partial charge in [-0.1, -0.05) is 19.1 Å². The summed E-state index contributed by atoms with van der Waals surface area (Å²) in [6.45, 7) is 9.09. The molecule has 0 unspecified atom stereocenters. The van der Waals surface area contributed by atoms with Crippen molar-refractivity contribution in [2.45, 2.75) is 76.8 Å². The molecule has 1 fully saturated rings. The molecule has 4 rings (SSSR count). The molecule has 3 heterocycles. The molecule has 1 aliphatic rings. The highest BCUT2D eigenvalue weighted by Gasteiger charge is 2.51. The van der Waals surface area contributed by atoms with Gasteiger partial charge in [-0.15, -0.1) is 0 Å².